The average Bonchev–Trinajstić information content (AvgIpc) is 2.19. The molecule has 0 atom stereocenters. The Morgan fingerprint density at radius 3 is 2.79 bits per heavy atom. The van der Waals surface area contributed by atoms with Gasteiger partial charge < -0.3 is 5.32 Å². The summed E-state index contributed by atoms with van der Waals surface area (Å²) in [6.07, 6.45) is 8.30. The maximum Gasteiger partial charge on any atom is 0.127 e. The lowest BCUT2D eigenvalue weighted by Gasteiger charge is -2.23. The summed E-state index contributed by atoms with van der Waals surface area (Å²) in [5, 5.41) is 4.17. The van der Waals surface area contributed by atoms with Crippen molar-refractivity contribution in [3.8, 4) is 0 Å². The van der Waals surface area contributed by atoms with Crippen LogP contribution in [0.15, 0.2) is 18.3 Å². The van der Waals surface area contributed by atoms with Gasteiger partial charge in [-0.05, 0) is 25.0 Å². The minimum atomic E-state index is 0.592. The van der Waals surface area contributed by atoms with Crippen molar-refractivity contribution in [2.24, 2.45) is 0 Å². The van der Waals surface area contributed by atoms with Gasteiger partial charge in [0, 0.05) is 17.3 Å². The van der Waals surface area contributed by atoms with E-state index < -0.39 is 0 Å². The first-order valence-electron chi connectivity index (χ1n) is 5.23. The fourth-order valence-electron chi connectivity index (χ4n) is 1.94. The summed E-state index contributed by atoms with van der Waals surface area (Å²) >= 11 is 5.88. The molecule has 0 bridgehead atoms. The number of hydrogen-bond acceptors (Lipinski definition) is 2. The van der Waals surface area contributed by atoms with Crippen LogP contribution in [0.2, 0.25) is 5.02 Å². The van der Waals surface area contributed by atoms with Gasteiger partial charge in [-0.3, -0.25) is 0 Å². The van der Waals surface area contributed by atoms with Crippen molar-refractivity contribution in [2.75, 3.05) is 5.32 Å². The van der Waals surface area contributed by atoms with Gasteiger partial charge in [0.1, 0.15) is 5.82 Å². The Kier molecular flexibility index (Phi) is 3.25. The van der Waals surface area contributed by atoms with Crippen molar-refractivity contribution in [3.05, 3.63) is 23.4 Å². The topological polar surface area (TPSA) is 24.9 Å². The minimum absolute atomic E-state index is 0.592. The van der Waals surface area contributed by atoms with Crippen LogP contribution in [0.3, 0.4) is 0 Å². The van der Waals surface area contributed by atoms with Gasteiger partial charge in [-0.2, -0.15) is 0 Å². The van der Waals surface area contributed by atoms with Crippen molar-refractivity contribution in [3.63, 3.8) is 0 Å². The highest BCUT2D eigenvalue weighted by molar-refractivity contribution is 6.30. The monoisotopic (exact) mass is 210 g/mol. The molecule has 14 heavy (non-hydrogen) atoms. The van der Waals surface area contributed by atoms with Crippen LogP contribution < -0.4 is 5.32 Å². The van der Waals surface area contributed by atoms with Crippen molar-refractivity contribution in [2.45, 2.75) is 38.1 Å². The molecule has 1 saturated carbocycles. The third kappa shape index (κ3) is 2.61. The van der Waals surface area contributed by atoms with E-state index in [1.165, 1.54) is 32.1 Å². The standard InChI is InChI=1S/C11H15ClN2/c12-9-6-7-13-11(8-9)14-10-4-2-1-3-5-10/h6-8,10H,1-5H2,(H,13,14). The largest absolute Gasteiger partial charge is 0.367 e. The second-order valence-electron chi connectivity index (χ2n) is 3.84. The molecule has 1 heterocycles. The zero-order valence-corrected chi connectivity index (χ0v) is 8.93. The lowest BCUT2D eigenvalue weighted by atomic mass is 9.95. The molecule has 0 amide bonds. The Hall–Kier alpha value is -0.760. The predicted octanol–water partition coefficient (Wildman–Crippen LogP) is 3.48. The van der Waals surface area contributed by atoms with Gasteiger partial charge in [0.15, 0.2) is 0 Å². The van der Waals surface area contributed by atoms with Crippen LogP contribution in [-0.2, 0) is 0 Å². The molecule has 0 radical (unpaired) electrons. The molecule has 76 valence electrons. The lowest BCUT2D eigenvalue weighted by Crippen LogP contribution is -2.22. The molecule has 0 aromatic carbocycles. The van der Waals surface area contributed by atoms with Crippen LogP contribution >= 0.6 is 11.6 Å². The third-order valence-corrected chi connectivity index (χ3v) is 2.91. The Bertz CT molecular complexity index is 295. The maximum atomic E-state index is 5.88. The molecule has 0 aliphatic heterocycles. The van der Waals surface area contributed by atoms with Crippen LogP contribution in [0, 0.1) is 0 Å². The summed E-state index contributed by atoms with van der Waals surface area (Å²) in [7, 11) is 0. The van der Waals surface area contributed by atoms with E-state index in [-0.39, 0.29) is 0 Å². The maximum absolute atomic E-state index is 5.88. The summed E-state index contributed by atoms with van der Waals surface area (Å²) < 4.78 is 0. The van der Waals surface area contributed by atoms with E-state index in [1.54, 1.807) is 12.3 Å². The van der Waals surface area contributed by atoms with E-state index >= 15 is 0 Å². The predicted molar refractivity (Wildman–Crippen MR) is 59.7 cm³/mol. The Balaban J connectivity index is 1.95. The van der Waals surface area contributed by atoms with Gasteiger partial charge in [0.05, 0.1) is 0 Å². The summed E-state index contributed by atoms with van der Waals surface area (Å²) in [6.45, 7) is 0. The number of hydrogen-bond donors (Lipinski definition) is 1. The fraction of sp³-hybridized carbons (Fsp3) is 0.545. The van der Waals surface area contributed by atoms with Crippen molar-refractivity contribution < 1.29 is 0 Å². The summed E-state index contributed by atoms with van der Waals surface area (Å²) in [5.74, 6) is 0.907. The number of nitrogens with zero attached hydrogens (tertiary/aromatic N) is 1. The molecule has 3 heteroatoms. The van der Waals surface area contributed by atoms with E-state index in [0.29, 0.717) is 6.04 Å². The SMILES string of the molecule is Clc1ccnc(NC2CCCCC2)c1. The second-order valence-corrected chi connectivity index (χ2v) is 4.28. The molecule has 0 spiro atoms. The van der Waals surface area contributed by atoms with Gasteiger partial charge in [0.2, 0.25) is 0 Å². The van der Waals surface area contributed by atoms with Crippen molar-refractivity contribution in [1.82, 2.24) is 4.98 Å². The molecule has 1 N–H and O–H groups in total. The second kappa shape index (κ2) is 4.65. The molecular weight excluding hydrogens is 196 g/mol. The highest BCUT2D eigenvalue weighted by Crippen LogP contribution is 2.21. The average molecular weight is 211 g/mol. The molecule has 1 aromatic heterocycles. The third-order valence-electron chi connectivity index (χ3n) is 2.68. The number of anilines is 1. The zero-order valence-electron chi connectivity index (χ0n) is 8.17. The summed E-state index contributed by atoms with van der Waals surface area (Å²) in [5.41, 5.74) is 0. The van der Waals surface area contributed by atoms with Crippen LogP contribution in [0.5, 0.6) is 0 Å². The van der Waals surface area contributed by atoms with Gasteiger partial charge in [-0.25, -0.2) is 4.98 Å². The van der Waals surface area contributed by atoms with Gasteiger partial charge in [-0.15, -0.1) is 0 Å². The first-order chi connectivity index (χ1) is 6.84. The summed E-state index contributed by atoms with van der Waals surface area (Å²) in [4.78, 5) is 4.24. The van der Waals surface area contributed by atoms with Gasteiger partial charge in [0.25, 0.3) is 0 Å². The van der Waals surface area contributed by atoms with Crippen LogP contribution in [0.25, 0.3) is 0 Å². The molecule has 2 nitrogen and oxygen atoms in total. The first kappa shape index (κ1) is 9.78. The van der Waals surface area contributed by atoms with Crippen LogP contribution in [0.1, 0.15) is 32.1 Å². The summed E-state index contributed by atoms with van der Waals surface area (Å²) in [6, 6.07) is 4.28. The zero-order chi connectivity index (χ0) is 9.80. The lowest BCUT2D eigenvalue weighted by molar-refractivity contribution is 0.462. The van der Waals surface area contributed by atoms with Crippen LogP contribution in [0.4, 0.5) is 5.82 Å². The molecular formula is C11H15ClN2. The van der Waals surface area contributed by atoms with E-state index in [4.69, 9.17) is 11.6 Å². The van der Waals surface area contributed by atoms with E-state index in [1.807, 2.05) is 6.07 Å². The molecule has 2 rings (SSSR count). The Morgan fingerprint density at radius 2 is 2.07 bits per heavy atom. The number of nitrogens with one attached hydrogen (secondary N) is 1. The van der Waals surface area contributed by atoms with E-state index in [0.717, 1.165) is 10.8 Å². The highest BCUT2D eigenvalue weighted by Gasteiger charge is 2.13. The van der Waals surface area contributed by atoms with Crippen molar-refractivity contribution >= 4 is 17.4 Å². The smallest absolute Gasteiger partial charge is 0.127 e. The van der Waals surface area contributed by atoms with E-state index in [9.17, 15) is 0 Å². The quantitative estimate of drug-likeness (QED) is 0.809. The van der Waals surface area contributed by atoms with Gasteiger partial charge in [-0.1, -0.05) is 30.9 Å². The van der Waals surface area contributed by atoms with Crippen LogP contribution in [-0.4, -0.2) is 11.0 Å². The normalized spacial score (nSPS) is 18.1. The molecule has 1 aliphatic carbocycles. The molecule has 1 aliphatic rings. The fourth-order valence-corrected chi connectivity index (χ4v) is 2.10. The number of rotatable bonds is 2. The Morgan fingerprint density at radius 1 is 1.29 bits per heavy atom. The van der Waals surface area contributed by atoms with E-state index in [2.05, 4.69) is 10.3 Å². The molecule has 0 saturated heterocycles. The molecule has 1 aromatic rings. The minimum Gasteiger partial charge on any atom is -0.367 e. The number of pyridine rings is 1. The molecule has 0 unspecified atom stereocenters. The van der Waals surface area contributed by atoms with Gasteiger partial charge >= 0.3 is 0 Å². The van der Waals surface area contributed by atoms with Crippen molar-refractivity contribution in [1.29, 1.82) is 0 Å². The number of aromatic nitrogens is 1. The first-order valence-corrected chi connectivity index (χ1v) is 5.60. The number of halogens is 1. The molecule has 1 fully saturated rings. The highest BCUT2D eigenvalue weighted by atomic mass is 35.5. The Labute approximate surface area is 89.7 Å².